The van der Waals surface area contributed by atoms with Crippen molar-refractivity contribution in [3.05, 3.63) is 24.3 Å². The Hall–Kier alpha value is -0.610. The van der Waals surface area contributed by atoms with Crippen molar-refractivity contribution in [3.8, 4) is 0 Å². The van der Waals surface area contributed by atoms with Crippen molar-refractivity contribution in [3.63, 3.8) is 0 Å². The first-order valence-electron chi connectivity index (χ1n) is 6.00. The molecule has 88 valence electrons. The predicted octanol–water partition coefficient (Wildman–Crippen LogP) is 2.24. The summed E-state index contributed by atoms with van der Waals surface area (Å²) in [6.45, 7) is 3.09. The predicted molar refractivity (Wildman–Crippen MR) is 68.4 cm³/mol. The first kappa shape index (κ1) is 11.9. The normalized spacial score (nSPS) is 24.8. The number of nitrogens with zero attached hydrogens (tertiary/aromatic N) is 2. The lowest BCUT2D eigenvalue weighted by Gasteiger charge is -2.19. The number of hydrogen-bond donors (Lipinski definition) is 1. The minimum absolute atomic E-state index is 0.659. The second-order valence-corrected chi connectivity index (χ2v) is 5.63. The topological polar surface area (TPSA) is 37.8 Å². The molecule has 1 aromatic rings. The molecule has 0 bridgehead atoms. The van der Waals surface area contributed by atoms with E-state index in [1.54, 1.807) is 12.4 Å². The molecule has 4 heteroatoms. The van der Waals surface area contributed by atoms with E-state index in [4.69, 9.17) is 0 Å². The van der Waals surface area contributed by atoms with Gasteiger partial charge in [-0.25, -0.2) is 0 Å². The van der Waals surface area contributed by atoms with E-state index in [1.165, 1.54) is 25.0 Å². The Morgan fingerprint density at radius 3 is 3.12 bits per heavy atom. The summed E-state index contributed by atoms with van der Waals surface area (Å²) in [6, 6.07) is 0.659. The molecule has 1 aliphatic carbocycles. The zero-order valence-corrected chi connectivity index (χ0v) is 10.5. The van der Waals surface area contributed by atoms with Crippen molar-refractivity contribution in [2.45, 2.75) is 44.0 Å². The van der Waals surface area contributed by atoms with E-state index in [0.29, 0.717) is 6.04 Å². The molecule has 16 heavy (non-hydrogen) atoms. The molecule has 2 atom stereocenters. The van der Waals surface area contributed by atoms with Gasteiger partial charge in [0, 0.05) is 36.4 Å². The first-order chi connectivity index (χ1) is 7.90. The van der Waals surface area contributed by atoms with Gasteiger partial charge < -0.3 is 5.32 Å². The standard InChI is InChI=1S/C12H19N3S/c1-2-16-12-5-3-4-11(12)15-9-10-8-13-6-7-14-10/h6-8,11-12,15H,2-5,9H2,1H3. The second kappa shape index (κ2) is 6.21. The van der Waals surface area contributed by atoms with E-state index < -0.39 is 0 Å². The molecule has 2 rings (SSSR count). The lowest BCUT2D eigenvalue weighted by molar-refractivity contribution is 0.526. The maximum atomic E-state index is 4.28. The maximum Gasteiger partial charge on any atom is 0.0724 e. The van der Waals surface area contributed by atoms with Crippen LogP contribution in [-0.2, 0) is 6.54 Å². The molecular formula is C12H19N3S. The van der Waals surface area contributed by atoms with Gasteiger partial charge in [-0.15, -0.1) is 0 Å². The van der Waals surface area contributed by atoms with Gasteiger partial charge in [-0.2, -0.15) is 11.8 Å². The summed E-state index contributed by atoms with van der Waals surface area (Å²) in [6.07, 6.45) is 9.33. The van der Waals surface area contributed by atoms with Gasteiger partial charge in [0.25, 0.3) is 0 Å². The van der Waals surface area contributed by atoms with E-state index in [-0.39, 0.29) is 0 Å². The Labute approximate surface area is 101 Å². The smallest absolute Gasteiger partial charge is 0.0724 e. The minimum atomic E-state index is 0.659. The van der Waals surface area contributed by atoms with Crippen LogP contribution in [-0.4, -0.2) is 27.0 Å². The zero-order valence-electron chi connectivity index (χ0n) is 9.72. The first-order valence-corrected chi connectivity index (χ1v) is 7.05. The molecule has 0 spiro atoms. The van der Waals surface area contributed by atoms with E-state index in [9.17, 15) is 0 Å². The van der Waals surface area contributed by atoms with Crippen molar-refractivity contribution >= 4 is 11.8 Å². The van der Waals surface area contributed by atoms with Gasteiger partial charge in [-0.1, -0.05) is 13.3 Å². The van der Waals surface area contributed by atoms with E-state index >= 15 is 0 Å². The van der Waals surface area contributed by atoms with Crippen LogP contribution in [0.25, 0.3) is 0 Å². The fourth-order valence-corrected chi connectivity index (χ4v) is 3.46. The monoisotopic (exact) mass is 237 g/mol. The van der Waals surface area contributed by atoms with Crippen molar-refractivity contribution in [1.29, 1.82) is 0 Å². The molecule has 3 nitrogen and oxygen atoms in total. The van der Waals surface area contributed by atoms with Crippen LogP contribution in [0.1, 0.15) is 31.9 Å². The highest BCUT2D eigenvalue weighted by Crippen LogP contribution is 2.29. The van der Waals surface area contributed by atoms with E-state index in [2.05, 4.69) is 34.0 Å². The molecular weight excluding hydrogens is 218 g/mol. The molecule has 0 saturated heterocycles. The highest BCUT2D eigenvalue weighted by atomic mass is 32.2. The van der Waals surface area contributed by atoms with E-state index in [1.807, 2.05) is 6.20 Å². The number of rotatable bonds is 5. The van der Waals surface area contributed by atoms with Gasteiger partial charge in [0.15, 0.2) is 0 Å². The van der Waals surface area contributed by atoms with Crippen LogP contribution in [0.4, 0.5) is 0 Å². The third kappa shape index (κ3) is 3.19. The molecule has 0 aromatic carbocycles. The molecule has 1 heterocycles. The Bertz CT molecular complexity index is 304. The zero-order chi connectivity index (χ0) is 11.2. The van der Waals surface area contributed by atoms with Crippen molar-refractivity contribution in [2.24, 2.45) is 0 Å². The molecule has 1 aliphatic rings. The van der Waals surface area contributed by atoms with Gasteiger partial charge in [0.1, 0.15) is 0 Å². The Kier molecular flexibility index (Phi) is 4.60. The highest BCUT2D eigenvalue weighted by molar-refractivity contribution is 7.99. The second-order valence-electron chi connectivity index (χ2n) is 4.11. The van der Waals surface area contributed by atoms with Crippen LogP contribution < -0.4 is 5.32 Å². The molecule has 0 amide bonds. The summed E-state index contributed by atoms with van der Waals surface area (Å²) in [5.74, 6) is 1.22. The van der Waals surface area contributed by atoms with Crippen LogP contribution in [0.15, 0.2) is 18.6 Å². The third-order valence-corrected chi connectivity index (χ3v) is 4.32. The summed E-state index contributed by atoms with van der Waals surface area (Å²) in [5, 5.41) is 4.40. The number of hydrogen-bond acceptors (Lipinski definition) is 4. The van der Waals surface area contributed by atoms with Crippen LogP contribution in [0.5, 0.6) is 0 Å². The quantitative estimate of drug-likeness (QED) is 0.852. The van der Waals surface area contributed by atoms with Crippen LogP contribution >= 0.6 is 11.8 Å². The maximum absolute atomic E-state index is 4.28. The molecule has 1 N–H and O–H groups in total. The van der Waals surface area contributed by atoms with Crippen LogP contribution in [0.3, 0.4) is 0 Å². The molecule has 1 saturated carbocycles. The Morgan fingerprint density at radius 1 is 1.44 bits per heavy atom. The lowest BCUT2D eigenvalue weighted by Crippen LogP contribution is -2.33. The number of nitrogens with one attached hydrogen (secondary N) is 1. The fraction of sp³-hybridized carbons (Fsp3) is 0.667. The summed E-state index contributed by atoms with van der Waals surface area (Å²) in [4.78, 5) is 8.36. The Morgan fingerprint density at radius 2 is 2.38 bits per heavy atom. The largest absolute Gasteiger partial charge is 0.307 e. The van der Waals surface area contributed by atoms with Crippen LogP contribution in [0.2, 0.25) is 0 Å². The van der Waals surface area contributed by atoms with Crippen LogP contribution in [0, 0.1) is 0 Å². The average molecular weight is 237 g/mol. The van der Waals surface area contributed by atoms with Gasteiger partial charge >= 0.3 is 0 Å². The van der Waals surface area contributed by atoms with Crippen molar-refractivity contribution in [2.75, 3.05) is 5.75 Å². The van der Waals surface area contributed by atoms with Gasteiger partial charge in [0.05, 0.1) is 5.69 Å². The Balaban J connectivity index is 1.81. The van der Waals surface area contributed by atoms with Gasteiger partial charge in [-0.3, -0.25) is 9.97 Å². The minimum Gasteiger partial charge on any atom is -0.307 e. The number of thioether (sulfide) groups is 1. The molecule has 0 radical (unpaired) electrons. The van der Waals surface area contributed by atoms with Crippen molar-refractivity contribution in [1.82, 2.24) is 15.3 Å². The van der Waals surface area contributed by atoms with Gasteiger partial charge in [0.2, 0.25) is 0 Å². The summed E-state index contributed by atoms with van der Waals surface area (Å²) in [7, 11) is 0. The highest BCUT2D eigenvalue weighted by Gasteiger charge is 2.26. The van der Waals surface area contributed by atoms with Crippen molar-refractivity contribution < 1.29 is 0 Å². The SMILES string of the molecule is CCSC1CCCC1NCc1cnccn1. The molecule has 1 aromatic heterocycles. The molecule has 2 unspecified atom stereocenters. The van der Waals surface area contributed by atoms with Gasteiger partial charge in [-0.05, 0) is 18.6 Å². The lowest BCUT2D eigenvalue weighted by atomic mass is 10.2. The summed E-state index contributed by atoms with van der Waals surface area (Å²) in [5.41, 5.74) is 1.04. The molecule has 0 aliphatic heterocycles. The number of aromatic nitrogens is 2. The third-order valence-electron chi connectivity index (χ3n) is 3.00. The van der Waals surface area contributed by atoms with E-state index in [0.717, 1.165) is 17.5 Å². The average Bonchev–Trinajstić information content (AvgIpc) is 2.76. The summed E-state index contributed by atoms with van der Waals surface area (Å²) >= 11 is 2.08. The molecule has 1 fully saturated rings. The fourth-order valence-electron chi connectivity index (χ4n) is 2.23. The summed E-state index contributed by atoms with van der Waals surface area (Å²) < 4.78 is 0.